The summed E-state index contributed by atoms with van der Waals surface area (Å²) in [6, 6.07) is 0. The Morgan fingerprint density at radius 1 is 0.667 bits per heavy atom. The van der Waals surface area contributed by atoms with E-state index in [0.29, 0.717) is 0 Å². The van der Waals surface area contributed by atoms with E-state index in [0.717, 1.165) is 0 Å². The molecule has 68 valence electrons. The molecule has 0 aromatic rings. The summed E-state index contributed by atoms with van der Waals surface area (Å²) in [6.45, 7) is 0. The Hall–Kier alpha value is 2.31. The smallest absolute Gasteiger partial charge is 0.759 e. The van der Waals surface area contributed by atoms with E-state index in [-0.39, 0.29) is 86.0 Å². The molecule has 0 radical (unpaired) electrons. The van der Waals surface area contributed by atoms with Crippen molar-refractivity contribution in [1.82, 2.24) is 0 Å². The summed E-state index contributed by atoms with van der Waals surface area (Å²) in [7, 11) is -10.3. The van der Waals surface area contributed by atoms with Crippen molar-refractivity contribution in [3.8, 4) is 0 Å². The van der Waals surface area contributed by atoms with Gasteiger partial charge in [0.25, 0.3) is 0 Å². The summed E-state index contributed by atoms with van der Waals surface area (Å²) in [5, 5.41) is 0. The second-order valence-electron chi connectivity index (χ2n) is 0.816. The minimum atomic E-state index is -5.17. The molecule has 0 amide bonds. The van der Waals surface area contributed by atoms with Gasteiger partial charge in [0, 0.05) is 20.8 Å². The van der Waals surface area contributed by atoms with E-state index in [9.17, 15) is 0 Å². The van der Waals surface area contributed by atoms with Crippen molar-refractivity contribution in [2.24, 2.45) is 0 Å². The van der Waals surface area contributed by atoms with E-state index in [1.165, 1.54) is 0 Å². The first-order valence-corrected chi connectivity index (χ1v) is 4.00. The number of hydrogen-bond acceptors (Lipinski definition) is 8. The Morgan fingerprint density at radius 2 is 0.667 bits per heavy atom. The van der Waals surface area contributed by atoms with Crippen LogP contribution in [0.1, 0.15) is 0 Å². The standard InChI is InChI=1S/Cs.Mn.2H2O4S/c;;2*1-5(2,3)4/h;;2*(H2,1,2,3,4)/q+1;+3;;/p-4. The zero-order chi connectivity index (χ0) is 9.00. The molecule has 0 fully saturated rings. The quantitative estimate of drug-likeness (QED) is 0.228. The van der Waals surface area contributed by atoms with Gasteiger partial charge in [0.1, 0.15) is 0 Å². The van der Waals surface area contributed by atoms with Gasteiger partial charge in [-0.15, -0.1) is 0 Å². The third-order valence-electron chi connectivity index (χ3n) is 0. The van der Waals surface area contributed by atoms with Crippen LogP contribution >= 0.6 is 0 Å². The molecule has 12 heavy (non-hydrogen) atoms. The summed E-state index contributed by atoms with van der Waals surface area (Å²) in [4.78, 5) is 0. The van der Waals surface area contributed by atoms with Crippen LogP contribution in [0.5, 0.6) is 0 Å². The molecule has 0 spiro atoms. The van der Waals surface area contributed by atoms with E-state index in [2.05, 4.69) is 0 Å². The SMILES string of the molecule is O=S(=O)([O-])[O-].O=S(=O)([O-])[O-].[Cs+].[Mn+3]. The molecular formula is CsMnO8S2. The molecular weight excluding hydrogens is 380 g/mol. The number of hydrogen-bond donors (Lipinski definition) is 0. The van der Waals surface area contributed by atoms with Crippen molar-refractivity contribution in [1.29, 1.82) is 0 Å². The van der Waals surface area contributed by atoms with Crippen LogP contribution in [0.25, 0.3) is 0 Å². The molecule has 0 rings (SSSR count). The van der Waals surface area contributed by atoms with Gasteiger partial charge >= 0.3 is 86.0 Å². The summed E-state index contributed by atoms with van der Waals surface area (Å²) in [6.07, 6.45) is 0. The van der Waals surface area contributed by atoms with Gasteiger partial charge in [-0.05, 0) is 0 Å². The molecule has 0 heterocycles. The van der Waals surface area contributed by atoms with Crippen LogP contribution in [0.4, 0.5) is 0 Å². The predicted octanol–water partition coefficient (Wildman–Crippen LogP) is -5.67. The average Bonchev–Trinajstić information content (AvgIpc) is 1.12. The van der Waals surface area contributed by atoms with Crippen molar-refractivity contribution in [2.75, 3.05) is 0 Å². The second-order valence-corrected chi connectivity index (χ2v) is 2.45. The first-order chi connectivity index (χ1) is 4.00. The Balaban J connectivity index is -0.0000000457. The van der Waals surface area contributed by atoms with Crippen molar-refractivity contribution < 1.29 is 121 Å². The third kappa shape index (κ3) is 295. The molecule has 12 heteroatoms. The van der Waals surface area contributed by atoms with Crippen molar-refractivity contribution in [3.05, 3.63) is 0 Å². The van der Waals surface area contributed by atoms with Gasteiger partial charge in [-0.1, -0.05) is 0 Å². The normalized spacial score (nSPS) is 9.67. The fourth-order valence-corrected chi connectivity index (χ4v) is 0. The Bertz CT molecular complexity index is 213. The molecule has 0 unspecified atom stereocenters. The Labute approximate surface area is 139 Å². The molecule has 0 aromatic carbocycles. The van der Waals surface area contributed by atoms with E-state index in [1.807, 2.05) is 0 Å². The zero-order valence-corrected chi connectivity index (χ0v) is 14.6. The van der Waals surface area contributed by atoms with E-state index < -0.39 is 20.8 Å². The monoisotopic (exact) mass is 380 g/mol. The fourth-order valence-electron chi connectivity index (χ4n) is 0. The molecule has 0 saturated carbocycles. The van der Waals surface area contributed by atoms with Gasteiger partial charge in [-0.25, -0.2) is 0 Å². The van der Waals surface area contributed by atoms with E-state index in [1.54, 1.807) is 0 Å². The van der Waals surface area contributed by atoms with Gasteiger partial charge in [0.05, 0.1) is 0 Å². The summed E-state index contributed by atoms with van der Waals surface area (Å²) < 4.78 is 68.2. The number of rotatable bonds is 0. The van der Waals surface area contributed by atoms with Crippen LogP contribution in [0, 0.1) is 0 Å². The summed E-state index contributed by atoms with van der Waals surface area (Å²) in [5.41, 5.74) is 0. The molecule has 0 aliphatic rings. The van der Waals surface area contributed by atoms with Gasteiger partial charge in [-0.3, -0.25) is 16.8 Å². The van der Waals surface area contributed by atoms with Gasteiger partial charge in [0.15, 0.2) is 0 Å². The third-order valence-corrected chi connectivity index (χ3v) is 0. The Kier molecular flexibility index (Phi) is 19.6. The zero-order valence-electron chi connectivity index (χ0n) is 5.46. The van der Waals surface area contributed by atoms with Crippen LogP contribution in [0.3, 0.4) is 0 Å². The largest absolute Gasteiger partial charge is 3.00 e. The molecule has 0 aliphatic heterocycles. The summed E-state index contributed by atoms with van der Waals surface area (Å²) in [5.74, 6) is 0. The van der Waals surface area contributed by atoms with Crippen molar-refractivity contribution >= 4 is 20.8 Å². The molecule has 0 N–H and O–H groups in total. The van der Waals surface area contributed by atoms with E-state index >= 15 is 0 Å². The van der Waals surface area contributed by atoms with Crippen LogP contribution in [0.15, 0.2) is 0 Å². The summed E-state index contributed by atoms with van der Waals surface area (Å²) >= 11 is 0. The van der Waals surface area contributed by atoms with Gasteiger partial charge in [0.2, 0.25) is 0 Å². The van der Waals surface area contributed by atoms with Crippen molar-refractivity contribution in [2.45, 2.75) is 0 Å². The maximum absolute atomic E-state index is 8.52. The molecule has 0 saturated heterocycles. The first-order valence-electron chi connectivity index (χ1n) is 1.33. The second kappa shape index (κ2) is 9.85. The molecule has 0 atom stereocenters. The van der Waals surface area contributed by atoms with Crippen LogP contribution in [0.2, 0.25) is 0 Å². The van der Waals surface area contributed by atoms with Gasteiger partial charge < -0.3 is 18.2 Å². The van der Waals surface area contributed by atoms with Crippen LogP contribution in [-0.2, 0) is 37.9 Å². The fraction of sp³-hybridized carbons (Fsp3) is 0. The van der Waals surface area contributed by atoms with Crippen LogP contribution in [-0.4, -0.2) is 35.0 Å². The first kappa shape index (κ1) is 23.9. The maximum atomic E-state index is 8.52. The predicted molar refractivity (Wildman–Crippen MR) is 20.9 cm³/mol. The minimum Gasteiger partial charge on any atom is -0.759 e. The molecule has 0 aromatic heterocycles. The van der Waals surface area contributed by atoms with Crippen molar-refractivity contribution in [3.63, 3.8) is 0 Å². The Morgan fingerprint density at radius 3 is 0.667 bits per heavy atom. The van der Waals surface area contributed by atoms with E-state index in [4.69, 9.17) is 35.0 Å². The maximum Gasteiger partial charge on any atom is 3.00 e. The van der Waals surface area contributed by atoms with Gasteiger partial charge in [-0.2, -0.15) is 0 Å². The molecule has 8 nitrogen and oxygen atoms in total. The van der Waals surface area contributed by atoms with Crippen LogP contribution < -0.4 is 68.9 Å². The topological polar surface area (TPSA) is 161 Å². The average molecular weight is 380 g/mol. The molecule has 0 bridgehead atoms. The molecule has 0 aliphatic carbocycles. The minimum absolute atomic E-state index is 0.